The van der Waals surface area contributed by atoms with Gasteiger partial charge in [0.25, 0.3) is 0 Å². The van der Waals surface area contributed by atoms with E-state index < -0.39 is 15.1 Å². The molecule has 1 rings (SSSR count). The van der Waals surface area contributed by atoms with Gasteiger partial charge in [-0.05, 0) is 30.2 Å². The number of rotatable bonds is 2. The van der Waals surface area contributed by atoms with E-state index in [4.69, 9.17) is 5.11 Å². The van der Waals surface area contributed by atoms with E-state index in [0.717, 1.165) is 6.07 Å². The Labute approximate surface area is 89.9 Å². The minimum atomic E-state index is -4.73. The Morgan fingerprint density at radius 1 is 1.50 bits per heavy atom. The van der Waals surface area contributed by atoms with Crippen LogP contribution in [0.4, 0.5) is 3.89 Å². The highest BCUT2D eigenvalue weighted by atomic mass is 79.9. The Kier molecular flexibility index (Phi) is 3.28. The molecule has 1 N–H and O–H groups in total. The zero-order chi connectivity index (χ0) is 10.9. The predicted octanol–water partition coefficient (Wildman–Crippen LogP) is 1.91. The monoisotopic (exact) mass is 282 g/mol. The SMILES string of the molecule is Cc1c(Br)cc(CO)cc1S(=O)(=O)F. The van der Waals surface area contributed by atoms with Crippen molar-refractivity contribution in [1.82, 2.24) is 0 Å². The number of benzene rings is 1. The summed E-state index contributed by atoms with van der Waals surface area (Å²) in [5, 5.41) is 8.80. The fourth-order valence-electron chi connectivity index (χ4n) is 1.05. The summed E-state index contributed by atoms with van der Waals surface area (Å²) in [5.41, 5.74) is 0.642. The van der Waals surface area contributed by atoms with Crippen LogP contribution >= 0.6 is 15.9 Å². The molecule has 0 aliphatic heterocycles. The largest absolute Gasteiger partial charge is 0.392 e. The van der Waals surface area contributed by atoms with Crippen LogP contribution in [0.25, 0.3) is 0 Å². The van der Waals surface area contributed by atoms with Crippen LogP contribution in [0.2, 0.25) is 0 Å². The lowest BCUT2D eigenvalue weighted by molar-refractivity contribution is 0.281. The summed E-state index contributed by atoms with van der Waals surface area (Å²) >= 11 is 3.09. The zero-order valence-electron chi connectivity index (χ0n) is 7.29. The van der Waals surface area contributed by atoms with Crippen LogP contribution in [-0.2, 0) is 16.8 Å². The van der Waals surface area contributed by atoms with E-state index in [1.165, 1.54) is 6.92 Å². The Hall–Kier alpha value is -0.460. The van der Waals surface area contributed by atoms with Crippen LogP contribution in [0.15, 0.2) is 21.5 Å². The summed E-state index contributed by atoms with van der Waals surface area (Å²) in [4.78, 5) is -0.407. The first-order valence-electron chi connectivity index (χ1n) is 3.71. The van der Waals surface area contributed by atoms with Crippen LogP contribution in [-0.4, -0.2) is 13.5 Å². The molecule has 0 atom stereocenters. The third kappa shape index (κ3) is 2.31. The van der Waals surface area contributed by atoms with Gasteiger partial charge in [0, 0.05) is 4.47 Å². The van der Waals surface area contributed by atoms with E-state index in [1.807, 2.05) is 0 Å². The van der Waals surface area contributed by atoms with Crippen molar-refractivity contribution in [2.24, 2.45) is 0 Å². The van der Waals surface area contributed by atoms with Gasteiger partial charge in [0.05, 0.1) is 6.61 Å². The van der Waals surface area contributed by atoms with Crippen molar-refractivity contribution in [3.63, 3.8) is 0 Å². The molecule has 0 aromatic heterocycles. The summed E-state index contributed by atoms with van der Waals surface area (Å²) < 4.78 is 34.6. The smallest absolute Gasteiger partial charge is 0.332 e. The van der Waals surface area contributed by atoms with Crippen LogP contribution in [0, 0.1) is 6.92 Å². The minimum absolute atomic E-state index is 0.296. The van der Waals surface area contributed by atoms with Gasteiger partial charge in [-0.25, -0.2) is 0 Å². The molecule has 14 heavy (non-hydrogen) atoms. The van der Waals surface area contributed by atoms with Gasteiger partial charge < -0.3 is 5.11 Å². The van der Waals surface area contributed by atoms with Crippen LogP contribution < -0.4 is 0 Å². The second-order valence-electron chi connectivity index (χ2n) is 2.80. The average molecular weight is 283 g/mol. The molecule has 0 amide bonds. The number of hydrogen-bond donors (Lipinski definition) is 1. The molecule has 0 fully saturated rings. The normalized spacial score (nSPS) is 11.7. The molecule has 1 aromatic carbocycles. The van der Waals surface area contributed by atoms with E-state index >= 15 is 0 Å². The van der Waals surface area contributed by atoms with Crippen molar-refractivity contribution in [3.05, 3.63) is 27.7 Å². The molecule has 0 heterocycles. The summed E-state index contributed by atoms with van der Waals surface area (Å²) in [7, 11) is -4.73. The molecule has 0 bridgehead atoms. The maximum absolute atomic E-state index is 12.7. The first kappa shape index (κ1) is 11.6. The maximum Gasteiger partial charge on any atom is 0.332 e. The van der Waals surface area contributed by atoms with Gasteiger partial charge in [0.1, 0.15) is 4.90 Å². The second kappa shape index (κ2) is 3.96. The molecule has 0 saturated heterocycles. The van der Waals surface area contributed by atoms with Crippen molar-refractivity contribution in [1.29, 1.82) is 0 Å². The quantitative estimate of drug-likeness (QED) is 0.843. The first-order valence-corrected chi connectivity index (χ1v) is 5.88. The van der Waals surface area contributed by atoms with Crippen molar-refractivity contribution in [2.75, 3.05) is 0 Å². The highest BCUT2D eigenvalue weighted by Gasteiger charge is 2.17. The molecule has 1 aromatic rings. The van der Waals surface area contributed by atoms with E-state index in [0.29, 0.717) is 15.6 Å². The Balaban J connectivity index is 3.51. The molecular weight excluding hydrogens is 275 g/mol. The van der Waals surface area contributed by atoms with Crippen LogP contribution in [0.3, 0.4) is 0 Å². The highest BCUT2D eigenvalue weighted by Crippen LogP contribution is 2.26. The summed E-state index contributed by atoms with van der Waals surface area (Å²) in [6.45, 7) is 1.15. The molecule has 0 spiro atoms. The lowest BCUT2D eigenvalue weighted by Gasteiger charge is -2.06. The van der Waals surface area contributed by atoms with E-state index in [1.54, 1.807) is 6.07 Å². The lowest BCUT2D eigenvalue weighted by Crippen LogP contribution is -1.98. The zero-order valence-corrected chi connectivity index (χ0v) is 9.69. The topological polar surface area (TPSA) is 54.4 Å². The van der Waals surface area contributed by atoms with Gasteiger partial charge in [0.2, 0.25) is 0 Å². The van der Waals surface area contributed by atoms with Crippen molar-refractivity contribution in [2.45, 2.75) is 18.4 Å². The first-order chi connectivity index (χ1) is 6.36. The highest BCUT2D eigenvalue weighted by molar-refractivity contribution is 9.10. The molecule has 0 saturated carbocycles. The third-order valence-electron chi connectivity index (χ3n) is 1.80. The fraction of sp³-hybridized carbons (Fsp3) is 0.250. The molecule has 3 nitrogen and oxygen atoms in total. The number of hydrogen-bond acceptors (Lipinski definition) is 3. The molecule has 6 heteroatoms. The van der Waals surface area contributed by atoms with Gasteiger partial charge in [0.15, 0.2) is 0 Å². The summed E-state index contributed by atoms with van der Waals surface area (Å²) in [6.07, 6.45) is 0. The predicted molar refractivity (Wildman–Crippen MR) is 53.1 cm³/mol. The molecule has 0 aliphatic rings. The summed E-state index contributed by atoms with van der Waals surface area (Å²) in [5.74, 6) is 0. The standard InChI is InChI=1S/C8H8BrFO3S/c1-5-7(9)2-6(4-11)3-8(5)14(10,12)13/h2-3,11H,4H2,1H3. The summed E-state index contributed by atoms with van der Waals surface area (Å²) in [6, 6.07) is 2.67. The Morgan fingerprint density at radius 2 is 2.07 bits per heavy atom. The number of aliphatic hydroxyl groups excluding tert-OH is 1. The van der Waals surface area contributed by atoms with E-state index in [-0.39, 0.29) is 6.61 Å². The molecular formula is C8H8BrFO3S. The molecule has 0 aliphatic carbocycles. The van der Waals surface area contributed by atoms with Crippen molar-refractivity contribution < 1.29 is 17.4 Å². The Bertz CT molecular complexity index is 456. The lowest BCUT2D eigenvalue weighted by atomic mass is 10.2. The second-order valence-corrected chi connectivity index (χ2v) is 4.97. The average Bonchev–Trinajstić information content (AvgIpc) is 2.07. The maximum atomic E-state index is 12.7. The number of aliphatic hydroxyl groups is 1. The van der Waals surface area contributed by atoms with E-state index in [2.05, 4.69) is 15.9 Å². The van der Waals surface area contributed by atoms with Crippen LogP contribution in [0.1, 0.15) is 11.1 Å². The van der Waals surface area contributed by atoms with Crippen molar-refractivity contribution >= 4 is 26.2 Å². The van der Waals surface area contributed by atoms with Crippen molar-refractivity contribution in [3.8, 4) is 0 Å². The van der Waals surface area contributed by atoms with Crippen LogP contribution in [0.5, 0.6) is 0 Å². The van der Waals surface area contributed by atoms with Gasteiger partial charge in [-0.1, -0.05) is 15.9 Å². The fourth-order valence-corrected chi connectivity index (χ4v) is 2.46. The van der Waals surface area contributed by atoms with Gasteiger partial charge in [-0.2, -0.15) is 8.42 Å². The van der Waals surface area contributed by atoms with E-state index in [9.17, 15) is 12.3 Å². The van der Waals surface area contributed by atoms with Gasteiger partial charge >= 0.3 is 10.2 Å². The third-order valence-corrected chi connectivity index (χ3v) is 3.57. The Morgan fingerprint density at radius 3 is 2.50 bits per heavy atom. The minimum Gasteiger partial charge on any atom is -0.392 e. The number of halogens is 2. The molecule has 78 valence electrons. The van der Waals surface area contributed by atoms with Gasteiger partial charge in [-0.3, -0.25) is 0 Å². The van der Waals surface area contributed by atoms with Gasteiger partial charge in [-0.15, -0.1) is 3.89 Å². The molecule has 0 radical (unpaired) electrons. The molecule has 0 unspecified atom stereocenters.